The van der Waals surface area contributed by atoms with Crippen LogP contribution in [-0.4, -0.2) is 18.0 Å². The summed E-state index contributed by atoms with van der Waals surface area (Å²) in [5.41, 5.74) is 0. The van der Waals surface area contributed by atoms with Crippen molar-refractivity contribution < 1.29 is 9.21 Å². The summed E-state index contributed by atoms with van der Waals surface area (Å²) < 4.78 is 5.18. The van der Waals surface area contributed by atoms with Crippen molar-refractivity contribution in [3.8, 4) is 0 Å². The molecule has 0 fully saturated rings. The lowest BCUT2D eigenvalue weighted by molar-refractivity contribution is -0.123. The number of nitrogens with one attached hydrogen (secondary N) is 2. The van der Waals surface area contributed by atoms with E-state index in [1.165, 1.54) is 19.3 Å². The second-order valence-corrected chi connectivity index (χ2v) is 5.08. The van der Waals surface area contributed by atoms with Crippen molar-refractivity contribution in [1.82, 2.24) is 10.6 Å². The molecule has 2 N–H and O–H groups in total. The van der Waals surface area contributed by atoms with Gasteiger partial charge in [0.25, 0.3) is 0 Å². The number of carbonyl (C=O) groups excluding carboxylic acids is 1. The minimum Gasteiger partial charge on any atom is -0.467 e. The molecule has 0 bridgehead atoms. The lowest BCUT2D eigenvalue weighted by Crippen LogP contribution is -2.45. The molecule has 0 aliphatic rings. The zero-order chi connectivity index (χ0) is 14.1. The summed E-state index contributed by atoms with van der Waals surface area (Å²) in [5, 5.41) is 6.19. The molecule has 1 aromatic heterocycles. The first-order valence-corrected chi connectivity index (χ1v) is 7.19. The van der Waals surface area contributed by atoms with Crippen molar-refractivity contribution >= 4 is 5.91 Å². The highest BCUT2D eigenvalue weighted by molar-refractivity contribution is 5.81. The molecule has 0 saturated heterocycles. The Morgan fingerprint density at radius 3 is 2.79 bits per heavy atom. The van der Waals surface area contributed by atoms with Gasteiger partial charge in [0.2, 0.25) is 5.91 Å². The van der Waals surface area contributed by atoms with Crippen LogP contribution in [0.5, 0.6) is 0 Å². The summed E-state index contributed by atoms with van der Waals surface area (Å²) in [6.45, 7) is 6.67. The number of hydrogen-bond acceptors (Lipinski definition) is 3. The number of furan rings is 1. The van der Waals surface area contributed by atoms with Crippen LogP contribution in [0.3, 0.4) is 0 Å². The monoisotopic (exact) mass is 266 g/mol. The van der Waals surface area contributed by atoms with Crippen molar-refractivity contribution in [2.75, 3.05) is 0 Å². The summed E-state index contributed by atoms with van der Waals surface area (Å²) in [7, 11) is 0. The maximum absolute atomic E-state index is 11.9. The van der Waals surface area contributed by atoms with Gasteiger partial charge in [-0.1, -0.05) is 26.2 Å². The van der Waals surface area contributed by atoms with Gasteiger partial charge >= 0.3 is 0 Å². The molecular formula is C15H26N2O2. The van der Waals surface area contributed by atoms with Gasteiger partial charge in [-0.25, -0.2) is 0 Å². The first kappa shape index (κ1) is 15.8. The SMILES string of the molecule is CCCCCC(C)NC(C)C(=O)NCc1ccco1. The lowest BCUT2D eigenvalue weighted by Gasteiger charge is -2.19. The van der Waals surface area contributed by atoms with Crippen molar-refractivity contribution in [2.45, 2.75) is 65.1 Å². The van der Waals surface area contributed by atoms with Crippen LogP contribution in [0.15, 0.2) is 22.8 Å². The van der Waals surface area contributed by atoms with Crippen LogP contribution >= 0.6 is 0 Å². The third-order valence-electron chi connectivity index (χ3n) is 3.19. The van der Waals surface area contributed by atoms with Crippen LogP contribution in [-0.2, 0) is 11.3 Å². The normalized spacial score (nSPS) is 14.1. The summed E-state index contributed by atoms with van der Waals surface area (Å²) in [5.74, 6) is 0.787. The van der Waals surface area contributed by atoms with Crippen LogP contribution in [0, 0.1) is 0 Å². The molecule has 0 spiro atoms. The fourth-order valence-electron chi connectivity index (χ4n) is 2.03. The van der Waals surface area contributed by atoms with Gasteiger partial charge in [-0.05, 0) is 32.4 Å². The van der Waals surface area contributed by atoms with Gasteiger partial charge < -0.3 is 15.1 Å². The van der Waals surface area contributed by atoms with E-state index in [1.54, 1.807) is 6.26 Å². The van der Waals surface area contributed by atoms with Gasteiger partial charge in [0.1, 0.15) is 5.76 Å². The van der Waals surface area contributed by atoms with Gasteiger partial charge in [0.05, 0.1) is 18.8 Å². The van der Waals surface area contributed by atoms with E-state index < -0.39 is 0 Å². The summed E-state index contributed by atoms with van der Waals surface area (Å²) >= 11 is 0. The first-order chi connectivity index (χ1) is 9.13. The highest BCUT2D eigenvalue weighted by Gasteiger charge is 2.14. The highest BCUT2D eigenvalue weighted by atomic mass is 16.3. The van der Waals surface area contributed by atoms with Gasteiger partial charge in [-0.3, -0.25) is 4.79 Å². The van der Waals surface area contributed by atoms with Crippen LogP contribution < -0.4 is 10.6 Å². The highest BCUT2D eigenvalue weighted by Crippen LogP contribution is 2.04. The molecule has 4 nitrogen and oxygen atoms in total. The van der Waals surface area contributed by atoms with Crippen LogP contribution in [0.1, 0.15) is 52.2 Å². The molecule has 2 unspecified atom stereocenters. The minimum absolute atomic E-state index is 0.0127. The second-order valence-electron chi connectivity index (χ2n) is 5.08. The van der Waals surface area contributed by atoms with Crippen molar-refractivity contribution in [1.29, 1.82) is 0 Å². The lowest BCUT2D eigenvalue weighted by atomic mass is 10.1. The topological polar surface area (TPSA) is 54.3 Å². The van der Waals surface area contributed by atoms with Crippen molar-refractivity contribution in [3.63, 3.8) is 0 Å². The number of unbranched alkanes of at least 4 members (excludes halogenated alkanes) is 2. The predicted octanol–water partition coefficient (Wildman–Crippen LogP) is 2.84. The van der Waals surface area contributed by atoms with Gasteiger partial charge in [0.15, 0.2) is 0 Å². The maximum Gasteiger partial charge on any atom is 0.237 e. The minimum atomic E-state index is -0.174. The Labute approximate surface area is 116 Å². The van der Waals surface area contributed by atoms with Crippen LogP contribution in [0.4, 0.5) is 0 Å². The van der Waals surface area contributed by atoms with E-state index in [4.69, 9.17) is 4.42 Å². The Bertz CT molecular complexity index is 349. The predicted molar refractivity (Wildman–Crippen MR) is 76.8 cm³/mol. The maximum atomic E-state index is 11.9. The quantitative estimate of drug-likeness (QED) is 0.676. The largest absolute Gasteiger partial charge is 0.467 e. The smallest absolute Gasteiger partial charge is 0.237 e. The molecular weight excluding hydrogens is 240 g/mol. The molecule has 1 rings (SSSR count). The summed E-state index contributed by atoms with van der Waals surface area (Å²) in [6.07, 6.45) is 6.42. The molecule has 4 heteroatoms. The first-order valence-electron chi connectivity index (χ1n) is 7.19. The van der Waals surface area contributed by atoms with E-state index in [-0.39, 0.29) is 11.9 Å². The van der Waals surface area contributed by atoms with E-state index in [2.05, 4.69) is 24.5 Å². The number of amides is 1. The van der Waals surface area contributed by atoms with Crippen LogP contribution in [0.2, 0.25) is 0 Å². The molecule has 1 heterocycles. The molecule has 0 aromatic carbocycles. The zero-order valence-corrected chi connectivity index (χ0v) is 12.2. The molecule has 0 aliphatic heterocycles. The van der Waals surface area contributed by atoms with Gasteiger partial charge in [-0.15, -0.1) is 0 Å². The Balaban J connectivity index is 2.20. The molecule has 0 radical (unpaired) electrons. The van der Waals surface area contributed by atoms with E-state index in [0.717, 1.165) is 12.2 Å². The molecule has 0 saturated carbocycles. The summed E-state index contributed by atoms with van der Waals surface area (Å²) in [6, 6.07) is 3.87. The van der Waals surface area contributed by atoms with Crippen molar-refractivity contribution in [3.05, 3.63) is 24.2 Å². The summed E-state index contributed by atoms with van der Waals surface area (Å²) in [4.78, 5) is 11.9. The molecule has 0 aliphatic carbocycles. The van der Waals surface area contributed by atoms with Crippen LogP contribution in [0.25, 0.3) is 0 Å². The molecule has 1 aromatic rings. The Kier molecular flexibility index (Phi) is 7.26. The Hall–Kier alpha value is -1.29. The molecule has 19 heavy (non-hydrogen) atoms. The van der Waals surface area contributed by atoms with E-state index in [1.807, 2.05) is 19.1 Å². The molecule has 108 valence electrons. The van der Waals surface area contributed by atoms with Gasteiger partial charge in [0, 0.05) is 6.04 Å². The third kappa shape index (κ3) is 6.43. The van der Waals surface area contributed by atoms with E-state index in [0.29, 0.717) is 12.6 Å². The average molecular weight is 266 g/mol. The molecule has 1 amide bonds. The third-order valence-corrected chi connectivity index (χ3v) is 3.19. The number of rotatable bonds is 9. The number of carbonyl (C=O) groups is 1. The number of hydrogen-bond donors (Lipinski definition) is 2. The van der Waals surface area contributed by atoms with Gasteiger partial charge in [-0.2, -0.15) is 0 Å². The van der Waals surface area contributed by atoms with Crippen molar-refractivity contribution in [2.24, 2.45) is 0 Å². The van der Waals surface area contributed by atoms with E-state index >= 15 is 0 Å². The van der Waals surface area contributed by atoms with E-state index in [9.17, 15) is 4.79 Å². The standard InChI is InChI=1S/C15H26N2O2/c1-4-5-6-8-12(2)17-13(3)15(18)16-11-14-9-7-10-19-14/h7,9-10,12-13,17H,4-6,8,11H2,1-3H3,(H,16,18). The average Bonchev–Trinajstić information content (AvgIpc) is 2.89. The molecule has 2 atom stereocenters. The Morgan fingerprint density at radius 1 is 1.37 bits per heavy atom. The Morgan fingerprint density at radius 2 is 2.16 bits per heavy atom. The zero-order valence-electron chi connectivity index (χ0n) is 12.2. The second kappa shape index (κ2) is 8.75. The fourth-order valence-corrected chi connectivity index (χ4v) is 2.03. The fraction of sp³-hybridized carbons (Fsp3) is 0.667.